The first-order chi connectivity index (χ1) is 10.3. The molecule has 0 saturated heterocycles. The van der Waals surface area contributed by atoms with Crippen molar-refractivity contribution in [3.8, 4) is 0 Å². The molecule has 8 heteroatoms. The standard InChI is InChI=1S/C13H16N6OS/c1-2-3-14-10-7-19-5-4-15-12(19)11(18-10)16-6-9-8-21-13(20)17-9/h4-5,7-8,14H,2-3,6H2,1H3,(H,16,18)(H,17,20). The number of aromatic amines is 1. The van der Waals surface area contributed by atoms with E-state index in [9.17, 15) is 4.79 Å². The molecular weight excluding hydrogens is 288 g/mol. The lowest BCUT2D eigenvalue weighted by Gasteiger charge is -2.10. The van der Waals surface area contributed by atoms with E-state index in [0.29, 0.717) is 12.4 Å². The Labute approximate surface area is 125 Å². The second-order valence-corrected chi connectivity index (χ2v) is 5.43. The predicted molar refractivity (Wildman–Crippen MR) is 84.0 cm³/mol. The molecule has 21 heavy (non-hydrogen) atoms. The number of H-pyrrole nitrogens is 1. The van der Waals surface area contributed by atoms with Crippen LogP contribution in [0.4, 0.5) is 11.6 Å². The fourth-order valence-electron chi connectivity index (χ4n) is 1.97. The minimum atomic E-state index is -0.0518. The Morgan fingerprint density at radius 3 is 3.10 bits per heavy atom. The summed E-state index contributed by atoms with van der Waals surface area (Å²) >= 11 is 1.15. The number of thiazole rings is 1. The zero-order chi connectivity index (χ0) is 14.7. The fourth-order valence-corrected chi connectivity index (χ4v) is 2.55. The molecular formula is C13H16N6OS. The van der Waals surface area contributed by atoms with Crippen LogP contribution in [0.2, 0.25) is 0 Å². The second-order valence-electron chi connectivity index (χ2n) is 4.59. The molecule has 3 N–H and O–H groups in total. The van der Waals surface area contributed by atoms with Crippen LogP contribution >= 0.6 is 11.3 Å². The zero-order valence-corrected chi connectivity index (χ0v) is 12.4. The number of hydrogen-bond acceptors (Lipinski definition) is 6. The Kier molecular flexibility index (Phi) is 3.87. The van der Waals surface area contributed by atoms with Gasteiger partial charge in [-0.2, -0.15) is 0 Å². The Balaban J connectivity index is 1.84. The normalized spacial score (nSPS) is 10.9. The number of aromatic nitrogens is 4. The molecule has 0 aliphatic carbocycles. The van der Waals surface area contributed by atoms with Crippen molar-refractivity contribution < 1.29 is 0 Å². The number of imidazole rings is 1. The quantitative estimate of drug-likeness (QED) is 0.647. The van der Waals surface area contributed by atoms with Gasteiger partial charge in [-0.25, -0.2) is 9.97 Å². The van der Waals surface area contributed by atoms with Gasteiger partial charge in [-0.1, -0.05) is 18.3 Å². The molecule has 0 atom stereocenters. The van der Waals surface area contributed by atoms with Gasteiger partial charge >= 0.3 is 4.87 Å². The van der Waals surface area contributed by atoms with Crippen molar-refractivity contribution in [1.82, 2.24) is 19.4 Å². The summed E-state index contributed by atoms with van der Waals surface area (Å²) in [5.41, 5.74) is 1.60. The van der Waals surface area contributed by atoms with Gasteiger partial charge in [0.1, 0.15) is 5.82 Å². The largest absolute Gasteiger partial charge is 0.369 e. The Morgan fingerprint density at radius 2 is 2.33 bits per heavy atom. The van der Waals surface area contributed by atoms with Gasteiger partial charge in [-0.3, -0.25) is 4.79 Å². The Morgan fingerprint density at radius 1 is 1.43 bits per heavy atom. The molecule has 3 aromatic heterocycles. The van der Waals surface area contributed by atoms with E-state index in [-0.39, 0.29) is 4.87 Å². The minimum absolute atomic E-state index is 0.0518. The van der Waals surface area contributed by atoms with Gasteiger partial charge in [0, 0.05) is 30.0 Å². The summed E-state index contributed by atoms with van der Waals surface area (Å²) in [6.45, 7) is 3.48. The van der Waals surface area contributed by atoms with Crippen molar-refractivity contribution in [2.75, 3.05) is 17.2 Å². The van der Waals surface area contributed by atoms with Crippen LogP contribution in [-0.4, -0.2) is 25.9 Å². The summed E-state index contributed by atoms with van der Waals surface area (Å²) in [4.78, 5) is 22.7. The second kappa shape index (κ2) is 5.96. The highest BCUT2D eigenvalue weighted by Gasteiger charge is 2.07. The molecule has 0 spiro atoms. The maximum atomic E-state index is 11.1. The predicted octanol–water partition coefficient (Wildman–Crippen LogP) is 1.91. The highest BCUT2D eigenvalue weighted by molar-refractivity contribution is 7.07. The smallest absolute Gasteiger partial charge is 0.304 e. The molecule has 110 valence electrons. The highest BCUT2D eigenvalue weighted by Crippen LogP contribution is 2.17. The first-order valence-corrected chi connectivity index (χ1v) is 7.62. The first-order valence-electron chi connectivity index (χ1n) is 6.74. The fraction of sp³-hybridized carbons (Fsp3) is 0.308. The lowest BCUT2D eigenvalue weighted by Crippen LogP contribution is -2.09. The highest BCUT2D eigenvalue weighted by atomic mass is 32.1. The van der Waals surface area contributed by atoms with E-state index in [2.05, 4.69) is 32.5 Å². The van der Waals surface area contributed by atoms with Crippen molar-refractivity contribution in [1.29, 1.82) is 0 Å². The summed E-state index contributed by atoms with van der Waals surface area (Å²) in [5.74, 6) is 1.48. The third-order valence-electron chi connectivity index (χ3n) is 2.95. The third-order valence-corrected chi connectivity index (χ3v) is 3.67. The van der Waals surface area contributed by atoms with E-state index in [1.54, 1.807) is 11.6 Å². The zero-order valence-electron chi connectivity index (χ0n) is 11.6. The molecule has 0 aliphatic rings. The number of nitrogens with one attached hydrogen (secondary N) is 3. The molecule has 3 heterocycles. The monoisotopic (exact) mass is 304 g/mol. The van der Waals surface area contributed by atoms with E-state index in [1.807, 2.05) is 16.8 Å². The molecule has 0 radical (unpaired) electrons. The van der Waals surface area contributed by atoms with Gasteiger partial charge < -0.3 is 20.0 Å². The van der Waals surface area contributed by atoms with Crippen molar-refractivity contribution >= 4 is 28.6 Å². The average molecular weight is 304 g/mol. The van der Waals surface area contributed by atoms with E-state index < -0.39 is 0 Å². The van der Waals surface area contributed by atoms with Crippen LogP contribution in [0.1, 0.15) is 19.0 Å². The number of rotatable bonds is 6. The summed E-state index contributed by atoms with van der Waals surface area (Å²) in [6.07, 6.45) is 6.56. The molecule has 0 bridgehead atoms. The molecule has 7 nitrogen and oxygen atoms in total. The maximum absolute atomic E-state index is 11.1. The summed E-state index contributed by atoms with van der Waals surface area (Å²) in [5, 5.41) is 8.29. The summed E-state index contributed by atoms with van der Waals surface area (Å²) in [7, 11) is 0. The Bertz CT molecular complexity index is 789. The molecule has 0 aromatic carbocycles. The number of fused-ring (bicyclic) bond motifs is 1. The third kappa shape index (κ3) is 3.05. The van der Waals surface area contributed by atoms with Gasteiger partial charge in [0.2, 0.25) is 0 Å². The van der Waals surface area contributed by atoms with Crippen molar-refractivity contribution in [3.63, 3.8) is 0 Å². The van der Waals surface area contributed by atoms with Crippen molar-refractivity contribution in [2.24, 2.45) is 0 Å². The average Bonchev–Trinajstić information content (AvgIpc) is 3.11. The van der Waals surface area contributed by atoms with Gasteiger partial charge in [-0.05, 0) is 6.42 Å². The van der Waals surface area contributed by atoms with Gasteiger partial charge in [0.15, 0.2) is 11.5 Å². The van der Waals surface area contributed by atoms with E-state index in [1.165, 1.54) is 0 Å². The van der Waals surface area contributed by atoms with Crippen molar-refractivity contribution in [2.45, 2.75) is 19.9 Å². The molecule has 0 saturated carbocycles. The van der Waals surface area contributed by atoms with E-state index >= 15 is 0 Å². The molecule has 3 rings (SSSR count). The lowest BCUT2D eigenvalue weighted by atomic mass is 10.4. The minimum Gasteiger partial charge on any atom is -0.369 e. The van der Waals surface area contributed by atoms with Gasteiger partial charge in [0.25, 0.3) is 0 Å². The van der Waals surface area contributed by atoms with Gasteiger partial charge in [0.05, 0.1) is 12.7 Å². The Hall–Kier alpha value is -2.35. The summed E-state index contributed by atoms with van der Waals surface area (Å²) < 4.78 is 1.92. The molecule has 0 aliphatic heterocycles. The molecule has 0 unspecified atom stereocenters. The van der Waals surface area contributed by atoms with E-state index in [0.717, 1.165) is 41.5 Å². The van der Waals surface area contributed by atoms with Crippen LogP contribution in [0.15, 0.2) is 28.8 Å². The SMILES string of the molecule is CCCNc1cn2ccnc2c(NCc2csc(=O)[nH]2)n1. The number of anilines is 2. The van der Waals surface area contributed by atoms with Gasteiger partial charge in [-0.15, -0.1) is 0 Å². The van der Waals surface area contributed by atoms with Crippen molar-refractivity contribution in [3.05, 3.63) is 39.3 Å². The topological polar surface area (TPSA) is 87.1 Å². The lowest BCUT2D eigenvalue weighted by molar-refractivity contribution is 0.957. The van der Waals surface area contributed by atoms with Crippen LogP contribution in [-0.2, 0) is 6.54 Å². The first kappa shape index (κ1) is 13.6. The summed E-state index contributed by atoms with van der Waals surface area (Å²) in [6, 6.07) is 0. The van der Waals surface area contributed by atoms with E-state index in [4.69, 9.17) is 0 Å². The van der Waals surface area contributed by atoms with Crippen LogP contribution < -0.4 is 15.5 Å². The molecule has 0 fully saturated rings. The molecule has 3 aromatic rings. The number of nitrogens with zero attached hydrogens (tertiary/aromatic N) is 3. The van der Waals surface area contributed by atoms with Crippen LogP contribution in [0.5, 0.6) is 0 Å². The maximum Gasteiger partial charge on any atom is 0.304 e. The van der Waals surface area contributed by atoms with Crippen LogP contribution in [0.25, 0.3) is 5.65 Å². The number of hydrogen-bond donors (Lipinski definition) is 3. The molecule has 0 amide bonds. The van der Waals surface area contributed by atoms with Crippen LogP contribution in [0.3, 0.4) is 0 Å². The van der Waals surface area contributed by atoms with Crippen LogP contribution in [0, 0.1) is 0 Å².